The first-order chi connectivity index (χ1) is 12.8. The minimum Gasteiger partial charge on any atom is -0.456 e. The van der Waals surface area contributed by atoms with Crippen LogP contribution in [0.25, 0.3) is 44.6 Å². The van der Waals surface area contributed by atoms with Crippen molar-refractivity contribution in [3.05, 3.63) is 84.0 Å². The van der Waals surface area contributed by atoms with E-state index in [4.69, 9.17) is 21.0 Å². The van der Waals surface area contributed by atoms with Crippen LogP contribution in [-0.2, 0) is 0 Å². The van der Waals surface area contributed by atoms with E-state index in [0.717, 1.165) is 38.8 Å². The van der Waals surface area contributed by atoms with Crippen LogP contribution in [-0.4, -0.2) is 9.97 Å². The highest BCUT2D eigenvalue weighted by Gasteiger charge is 2.11. The Bertz CT molecular complexity index is 1250. The maximum atomic E-state index is 6.26. The van der Waals surface area contributed by atoms with Gasteiger partial charge in [0, 0.05) is 28.0 Å². The third-order valence-corrected chi connectivity index (χ3v) is 4.60. The van der Waals surface area contributed by atoms with Crippen LogP contribution in [0.2, 0.25) is 5.15 Å². The minimum absolute atomic E-state index is 0.415. The molecule has 0 amide bonds. The fourth-order valence-electron chi connectivity index (χ4n) is 3.17. The molecule has 0 bridgehead atoms. The SMILES string of the molecule is Clc1cc(-c2ccc3c(c2)oc2ccccc23)nc(-c2ccccc2)n1. The first-order valence-electron chi connectivity index (χ1n) is 8.30. The molecule has 0 spiro atoms. The molecule has 0 unspecified atom stereocenters. The largest absolute Gasteiger partial charge is 0.456 e. The second-order valence-corrected chi connectivity index (χ2v) is 6.46. The number of furan rings is 1. The molecule has 0 saturated carbocycles. The van der Waals surface area contributed by atoms with Crippen LogP contribution >= 0.6 is 11.6 Å². The number of halogens is 1. The van der Waals surface area contributed by atoms with Gasteiger partial charge in [0.2, 0.25) is 0 Å². The summed E-state index contributed by atoms with van der Waals surface area (Å²) in [7, 11) is 0. The van der Waals surface area contributed by atoms with Crippen molar-refractivity contribution < 1.29 is 4.42 Å². The predicted octanol–water partition coefficient (Wildman–Crippen LogP) is 6.36. The van der Waals surface area contributed by atoms with Gasteiger partial charge in [-0.05, 0) is 18.2 Å². The summed E-state index contributed by atoms with van der Waals surface area (Å²) >= 11 is 6.26. The Morgan fingerprint density at radius 1 is 0.654 bits per heavy atom. The van der Waals surface area contributed by atoms with Crippen LogP contribution in [0.1, 0.15) is 0 Å². The van der Waals surface area contributed by atoms with Gasteiger partial charge >= 0.3 is 0 Å². The number of aromatic nitrogens is 2. The number of benzene rings is 3. The number of hydrogen-bond acceptors (Lipinski definition) is 3. The smallest absolute Gasteiger partial charge is 0.161 e. The van der Waals surface area contributed by atoms with E-state index in [1.165, 1.54) is 0 Å². The van der Waals surface area contributed by atoms with Crippen LogP contribution in [0, 0.1) is 0 Å². The molecule has 0 radical (unpaired) electrons. The zero-order chi connectivity index (χ0) is 17.5. The summed E-state index contributed by atoms with van der Waals surface area (Å²) in [4.78, 5) is 9.06. The minimum atomic E-state index is 0.415. The van der Waals surface area contributed by atoms with Gasteiger partial charge in [0.1, 0.15) is 16.3 Å². The van der Waals surface area contributed by atoms with Gasteiger partial charge in [-0.2, -0.15) is 0 Å². The molecule has 0 N–H and O–H groups in total. The molecule has 26 heavy (non-hydrogen) atoms. The lowest BCUT2D eigenvalue weighted by Crippen LogP contribution is -1.92. The van der Waals surface area contributed by atoms with Crippen LogP contribution in [0.5, 0.6) is 0 Å². The summed E-state index contributed by atoms with van der Waals surface area (Å²) in [6.07, 6.45) is 0. The maximum Gasteiger partial charge on any atom is 0.161 e. The summed E-state index contributed by atoms with van der Waals surface area (Å²) in [6.45, 7) is 0. The van der Waals surface area contributed by atoms with E-state index < -0.39 is 0 Å². The van der Waals surface area contributed by atoms with Crippen LogP contribution in [0.4, 0.5) is 0 Å². The first kappa shape index (κ1) is 15.1. The van der Waals surface area contributed by atoms with Crippen molar-refractivity contribution in [1.82, 2.24) is 9.97 Å². The van der Waals surface area contributed by atoms with Crippen molar-refractivity contribution >= 4 is 33.5 Å². The number of nitrogens with zero attached hydrogens (tertiary/aromatic N) is 2. The Balaban J connectivity index is 1.67. The lowest BCUT2D eigenvalue weighted by atomic mass is 10.1. The molecule has 2 aromatic heterocycles. The molecule has 0 aliphatic heterocycles. The molecule has 5 rings (SSSR count). The Labute approximate surface area is 154 Å². The van der Waals surface area contributed by atoms with E-state index in [0.29, 0.717) is 11.0 Å². The number of para-hydroxylation sites is 1. The molecule has 3 nitrogen and oxygen atoms in total. The van der Waals surface area contributed by atoms with Gasteiger partial charge in [0.05, 0.1) is 5.69 Å². The van der Waals surface area contributed by atoms with Crippen LogP contribution in [0.3, 0.4) is 0 Å². The Hall–Kier alpha value is -3.17. The van der Waals surface area contributed by atoms with Crippen molar-refractivity contribution in [2.75, 3.05) is 0 Å². The predicted molar refractivity (Wildman–Crippen MR) is 105 cm³/mol. The highest BCUT2D eigenvalue weighted by atomic mass is 35.5. The zero-order valence-corrected chi connectivity index (χ0v) is 14.4. The molecular weight excluding hydrogens is 344 g/mol. The van der Waals surface area contributed by atoms with Crippen LogP contribution in [0.15, 0.2) is 83.3 Å². The van der Waals surface area contributed by atoms with Gasteiger partial charge in [0.25, 0.3) is 0 Å². The molecule has 2 heterocycles. The van der Waals surface area contributed by atoms with Crippen molar-refractivity contribution in [2.45, 2.75) is 0 Å². The number of hydrogen-bond donors (Lipinski definition) is 0. The topological polar surface area (TPSA) is 38.9 Å². The van der Waals surface area contributed by atoms with E-state index in [-0.39, 0.29) is 0 Å². The molecule has 0 aliphatic carbocycles. The van der Waals surface area contributed by atoms with E-state index in [1.807, 2.05) is 60.7 Å². The van der Waals surface area contributed by atoms with Crippen molar-refractivity contribution in [3.63, 3.8) is 0 Å². The van der Waals surface area contributed by atoms with Gasteiger partial charge in [0.15, 0.2) is 5.82 Å². The summed E-state index contributed by atoms with van der Waals surface area (Å²) < 4.78 is 5.98. The fraction of sp³-hybridized carbons (Fsp3) is 0. The highest BCUT2D eigenvalue weighted by molar-refractivity contribution is 6.29. The van der Waals surface area contributed by atoms with E-state index in [9.17, 15) is 0 Å². The second-order valence-electron chi connectivity index (χ2n) is 6.07. The number of fused-ring (bicyclic) bond motifs is 3. The molecule has 4 heteroatoms. The van der Waals surface area contributed by atoms with Crippen molar-refractivity contribution in [3.8, 4) is 22.6 Å². The van der Waals surface area contributed by atoms with Crippen LogP contribution < -0.4 is 0 Å². The third-order valence-electron chi connectivity index (χ3n) is 4.40. The first-order valence-corrected chi connectivity index (χ1v) is 8.67. The number of rotatable bonds is 2. The monoisotopic (exact) mass is 356 g/mol. The Morgan fingerprint density at radius 2 is 1.42 bits per heavy atom. The lowest BCUT2D eigenvalue weighted by molar-refractivity contribution is 0.669. The molecule has 0 atom stereocenters. The Kier molecular flexibility index (Phi) is 3.47. The molecule has 0 saturated heterocycles. The molecule has 5 aromatic rings. The summed E-state index contributed by atoms with van der Waals surface area (Å²) in [6, 6.07) is 25.7. The summed E-state index contributed by atoms with van der Waals surface area (Å²) in [5.41, 5.74) is 4.36. The lowest BCUT2D eigenvalue weighted by Gasteiger charge is -2.06. The fourth-order valence-corrected chi connectivity index (χ4v) is 3.35. The maximum absolute atomic E-state index is 6.26. The van der Waals surface area contributed by atoms with E-state index >= 15 is 0 Å². The highest BCUT2D eigenvalue weighted by Crippen LogP contribution is 2.32. The van der Waals surface area contributed by atoms with Gasteiger partial charge in [-0.15, -0.1) is 0 Å². The normalized spacial score (nSPS) is 11.3. The van der Waals surface area contributed by atoms with E-state index in [1.54, 1.807) is 6.07 Å². The Morgan fingerprint density at radius 3 is 2.31 bits per heavy atom. The average molecular weight is 357 g/mol. The van der Waals surface area contributed by atoms with Gasteiger partial charge in [-0.25, -0.2) is 9.97 Å². The molecular formula is C22H13ClN2O. The quantitative estimate of drug-likeness (QED) is 0.345. The zero-order valence-electron chi connectivity index (χ0n) is 13.7. The summed E-state index contributed by atoms with van der Waals surface area (Å²) in [5, 5.41) is 2.62. The van der Waals surface area contributed by atoms with Gasteiger partial charge in [-0.3, -0.25) is 0 Å². The molecule has 124 valence electrons. The van der Waals surface area contributed by atoms with Crippen molar-refractivity contribution in [1.29, 1.82) is 0 Å². The average Bonchev–Trinajstić information content (AvgIpc) is 3.06. The van der Waals surface area contributed by atoms with Gasteiger partial charge < -0.3 is 4.42 Å². The second kappa shape index (κ2) is 5.97. The molecule has 0 fully saturated rings. The molecule has 3 aromatic carbocycles. The summed E-state index contributed by atoms with van der Waals surface area (Å²) in [5.74, 6) is 0.609. The van der Waals surface area contributed by atoms with Crippen molar-refractivity contribution in [2.24, 2.45) is 0 Å². The standard InChI is InChI=1S/C22H13ClN2O/c23-21-13-18(24-22(25-21)14-6-2-1-3-7-14)15-10-11-17-16-8-4-5-9-19(16)26-20(17)12-15/h1-13H. The van der Waals surface area contributed by atoms with E-state index in [2.05, 4.69) is 17.1 Å². The third kappa shape index (κ3) is 2.54. The molecule has 0 aliphatic rings. The van der Waals surface area contributed by atoms with Gasteiger partial charge in [-0.1, -0.05) is 66.2 Å².